The smallest absolute Gasteiger partial charge is 0.0945 e. The van der Waals surface area contributed by atoms with E-state index in [0.717, 1.165) is 19.5 Å². The first-order valence-electron chi connectivity index (χ1n) is 7.55. The molecule has 108 valence electrons. The second-order valence-electron chi connectivity index (χ2n) is 5.33. The molecule has 20 heavy (non-hydrogen) atoms. The van der Waals surface area contributed by atoms with Gasteiger partial charge in [-0.25, -0.2) is 4.98 Å². The maximum Gasteiger partial charge on any atom is 0.0945 e. The lowest BCUT2D eigenvalue weighted by atomic mass is 10.0. The number of hydrogen-bond acceptors (Lipinski definition) is 2. The van der Waals surface area contributed by atoms with Crippen LogP contribution in [0.5, 0.6) is 0 Å². The monoisotopic (exact) mass is 271 g/mol. The summed E-state index contributed by atoms with van der Waals surface area (Å²) in [6.07, 6.45) is 9.25. The van der Waals surface area contributed by atoms with Crippen LogP contribution >= 0.6 is 0 Å². The first-order chi connectivity index (χ1) is 9.79. The third kappa shape index (κ3) is 4.49. The van der Waals surface area contributed by atoms with Gasteiger partial charge in [0.15, 0.2) is 0 Å². The van der Waals surface area contributed by atoms with Crippen molar-refractivity contribution in [3.63, 3.8) is 0 Å². The fourth-order valence-electron chi connectivity index (χ4n) is 2.41. The highest BCUT2D eigenvalue weighted by molar-refractivity contribution is 5.23. The Balaban J connectivity index is 1.70. The van der Waals surface area contributed by atoms with Crippen molar-refractivity contribution in [2.45, 2.75) is 45.7 Å². The molecular weight excluding hydrogens is 246 g/mol. The predicted molar refractivity (Wildman–Crippen MR) is 83.7 cm³/mol. The molecule has 0 spiro atoms. The lowest BCUT2D eigenvalue weighted by Gasteiger charge is -2.17. The van der Waals surface area contributed by atoms with E-state index in [2.05, 4.69) is 53.0 Å². The molecular formula is C17H25N3. The van der Waals surface area contributed by atoms with Crippen LogP contribution in [0.4, 0.5) is 0 Å². The summed E-state index contributed by atoms with van der Waals surface area (Å²) < 4.78 is 2.14. The van der Waals surface area contributed by atoms with E-state index in [9.17, 15) is 0 Å². The summed E-state index contributed by atoms with van der Waals surface area (Å²) >= 11 is 0. The summed E-state index contributed by atoms with van der Waals surface area (Å²) in [5, 5.41) is 3.66. The van der Waals surface area contributed by atoms with E-state index in [1.807, 2.05) is 18.7 Å². The van der Waals surface area contributed by atoms with E-state index in [1.54, 1.807) is 0 Å². The Labute approximate surface area is 122 Å². The summed E-state index contributed by atoms with van der Waals surface area (Å²) in [6, 6.07) is 9.34. The molecule has 1 aromatic carbocycles. The van der Waals surface area contributed by atoms with Crippen LogP contribution in [0.25, 0.3) is 0 Å². The minimum absolute atomic E-state index is 0.476. The molecule has 1 N–H and O–H groups in total. The van der Waals surface area contributed by atoms with Crippen LogP contribution in [0.3, 0.4) is 0 Å². The molecule has 0 bridgehead atoms. The Hall–Kier alpha value is -1.61. The van der Waals surface area contributed by atoms with E-state index >= 15 is 0 Å². The third-order valence-corrected chi connectivity index (χ3v) is 3.68. The fourth-order valence-corrected chi connectivity index (χ4v) is 2.41. The Kier molecular flexibility index (Phi) is 5.81. The molecule has 0 saturated heterocycles. The summed E-state index contributed by atoms with van der Waals surface area (Å²) in [4.78, 5) is 4.06. The molecule has 0 aliphatic carbocycles. The van der Waals surface area contributed by atoms with E-state index in [0.29, 0.717) is 6.04 Å². The van der Waals surface area contributed by atoms with Crippen LogP contribution in [0.2, 0.25) is 0 Å². The number of nitrogens with one attached hydrogen (secondary N) is 1. The van der Waals surface area contributed by atoms with Crippen molar-refractivity contribution in [1.29, 1.82) is 0 Å². The van der Waals surface area contributed by atoms with Crippen LogP contribution in [0, 0.1) is 6.92 Å². The van der Waals surface area contributed by atoms with Gasteiger partial charge in [-0.05, 0) is 38.3 Å². The fraction of sp³-hybridized carbons (Fsp3) is 0.471. The van der Waals surface area contributed by atoms with Crippen molar-refractivity contribution >= 4 is 0 Å². The van der Waals surface area contributed by atoms with Crippen LogP contribution in [-0.2, 0) is 6.54 Å². The zero-order chi connectivity index (χ0) is 14.2. The number of unbranched alkanes of at least 4 members (excludes halogenated alkanes) is 1. The molecule has 0 radical (unpaired) electrons. The summed E-state index contributed by atoms with van der Waals surface area (Å²) in [6.45, 7) is 6.50. The molecule has 0 aliphatic rings. The predicted octanol–water partition coefficient (Wildman–Crippen LogP) is 3.71. The molecule has 0 saturated carbocycles. The van der Waals surface area contributed by atoms with Gasteiger partial charge in [0.1, 0.15) is 0 Å². The van der Waals surface area contributed by atoms with Gasteiger partial charge in [-0.1, -0.05) is 36.8 Å². The molecule has 1 heterocycles. The number of imidazole rings is 1. The van der Waals surface area contributed by atoms with E-state index in [-0.39, 0.29) is 0 Å². The molecule has 0 fully saturated rings. The molecule has 2 aromatic rings. The number of benzene rings is 1. The maximum atomic E-state index is 4.06. The average Bonchev–Trinajstić information content (AvgIpc) is 2.97. The van der Waals surface area contributed by atoms with E-state index < -0.39 is 0 Å². The first kappa shape index (κ1) is 14.8. The zero-order valence-electron chi connectivity index (χ0n) is 12.5. The summed E-state index contributed by atoms with van der Waals surface area (Å²) in [5.41, 5.74) is 2.72. The SMILES string of the molecule is CCC(NCCCCn1ccnc1)c1ccc(C)cc1. The van der Waals surface area contributed by atoms with Gasteiger partial charge in [0, 0.05) is 25.0 Å². The maximum absolute atomic E-state index is 4.06. The van der Waals surface area contributed by atoms with Crippen molar-refractivity contribution in [3.05, 3.63) is 54.1 Å². The second-order valence-corrected chi connectivity index (χ2v) is 5.33. The summed E-state index contributed by atoms with van der Waals surface area (Å²) in [5.74, 6) is 0. The van der Waals surface area contributed by atoms with Crippen LogP contribution < -0.4 is 5.32 Å². The highest BCUT2D eigenvalue weighted by atomic mass is 15.0. The Morgan fingerprint density at radius 2 is 2.00 bits per heavy atom. The lowest BCUT2D eigenvalue weighted by molar-refractivity contribution is 0.490. The van der Waals surface area contributed by atoms with Crippen molar-refractivity contribution in [3.8, 4) is 0 Å². The van der Waals surface area contributed by atoms with E-state index in [4.69, 9.17) is 0 Å². The number of nitrogens with zero attached hydrogens (tertiary/aromatic N) is 2. The Bertz CT molecular complexity index is 473. The standard InChI is InChI=1S/C17H25N3/c1-3-17(16-8-6-15(2)7-9-16)19-10-4-5-12-20-13-11-18-14-20/h6-9,11,13-14,17,19H,3-5,10,12H2,1-2H3. The number of aromatic nitrogens is 2. The Morgan fingerprint density at radius 3 is 2.65 bits per heavy atom. The minimum atomic E-state index is 0.476. The lowest BCUT2D eigenvalue weighted by Crippen LogP contribution is -2.22. The average molecular weight is 271 g/mol. The van der Waals surface area contributed by atoms with Gasteiger partial charge in [-0.3, -0.25) is 0 Å². The highest BCUT2D eigenvalue weighted by Gasteiger charge is 2.07. The van der Waals surface area contributed by atoms with Crippen molar-refractivity contribution in [2.24, 2.45) is 0 Å². The van der Waals surface area contributed by atoms with Gasteiger partial charge in [0.2, 0.25) is 0 Å². The normalized spacial score (nSPS) is 12.5. The number of hydrogen-bond donors (Lipinski definition) is 1. The Morgan fingerprint density at radius 1 is 1.20 bits per heavy atom. The van der Waals surface area contributed by atoms with Gasteiger partial charge in [0.05, 0.1) is 6.33 Å². The second kappa shape index (κ2) is 7.85. The van der Waals surface area contributed by atoms with Crippen LogP contribution in [-0.4, -0.2) is 16.1 Å². The molecule has 1 atom stereocenters. The van der Waals surface area contributed by atoms with Gasteiger partial charge in [-0.2, -0.15) is 0 Å². The summed E-state index contributed by atoms with van der Waals surface area (Å²) in [7, 11) is 0. The van der Waals surface area contributed by atoms with Crippen LogP contribution in [0.1, 0.15) is 43.4 Å². The van der Waals surface area contributed by atoms with Gasteiger partial charge >= 0.3 is 0 Å². The first-order valence-corrected chi connectivity index (χ1v) is 7.55. The molecule has 1 unspecified atom stereocenters. The topological polar surface area (TPSA) is 29.9 Å². The van der Waals surface area contributed by atoms with Crippen molar-refractivity contribution in [2.75, 3.05) is 6.54 Å². The highest BCUT2D eigenvalue weighted by Crippen LogP contribution is 2.17. The molecule has 3 nitrogen and oxygen atoms in total. The van der Waals surface area contributed by atoms with Gasteiger partial charge < -0.3 is 9.88 Å². The van der Waals surface area contributed by atoms with Gasteiger partial charge in [-0.15, -0.1) is 0 Å². The van der Waals surface area contributed by atoms with Crippen molar-refractivity contribution < 1.29 is 0 Å². The largest absolute Gasteiger partial charge is 0.337 e. The molecule has 0 amide bonds. The molecule has 0 aliphatic heterocycles. The molecule has 3 heteroatoms. The van der Waals surface area contributed by atoms with Crippen LogP contribution in [0.15, 0.2) is 43.0 Å². The molecule has 2 rings (SSSR count). The molecule has 1 aromatic heterocycles. The zero-order valence-corrected chi connectivity index (χ0v) is 12.5. The number of rotatable bonds is 8. The quantitative estimate of drug-likeness (QED) is 0.742. The van der Waals surface area contributed by atoms with E-state index in [1.165, 1.54) is 24.0 Å². The minimum Gasteiger partial charge on any atom is -0.337 e. The third-order valence-electron chi connectivity index (χ3n) is 3.68. The van der Waals surface area contributed by atoms with Crippen molar-refractivity contribution in [1.82, 2.24) is 14.9 Å². The number of aryl methyl sites for hydroxylation is 2. The van der Waals surface area contributed by atoms with Gasteiger partial charge in [0.25, 0.3) is 0 Å².